The molecule has 74 valence electrons. The maximum absolute atomic E-state index is 12.5. The molecule has 0 aromatic heterocycles. The van der Waals surface area contributed by atoms with Crippen molar-refractivity contribution in [3.63, 3.8) is 0 Å². The van der Waals surface area contributed by atoms with Crippen molar-refractivity contribution in [2.24, 2.45) is 5.92 Å². The first-order chi connectivity index (χ1) is 5.33. The largest absolute Gasteiger partial charge is 0.374 e. The Kier molecular flexibility index (Phi) is 4.71. The van der Waals surface area contributed by atoms with Crippen LogP contribution < -0.4 is 0 Å². The van der Waals surface area contributed by atoms with Crippen molar-refractivity contribution in [3.05, 3.63) is 0 Å². The van der Waals surface area contributed by atoms with Gasteiger partial charge in [-0.3, -0.25) is 0 Å². The van der Waals surface area contributed by atoms with Crippen LogP contribution in [0.2, 0.25) is 0 Å². The van der Waals surface area contributed by atoms with Crippen LogP contribution >= 0.6 is 0 Å². The molecule has 0 aliphatic carbocycles. The highest BCUT2D eigenvalue weighted by molar-refractivity contribution is 4.70. The lowest BCUT2D eigenvalue weighted by molar-refractivity contribution is -0.0850. The summed E-state index contributed by atoms with van der Waals surface area (Å²) in [5.41, 5.74) is -0.395. The molecule has 3 heteroatoms. The second-order valence-electron chi connectivity index (χ2n) is 4.23. The van der Waals surface area contributed by atoms with Crippen molar-refractivity contribution in [1.82, 2.24) is 5.12 Å². The highest BCUT2D eigenvalue weighted by Crippen LogP contribution is 2.12. The molecule has 0 aromatic carbocycles. The summed E-state index contributed by atoms with van der Waals surface area (Å²) in [6.07, 6.45) is 0. The highest BCUT2D eigenvalue weighted by Gasteiger charge is 2.20. The average molecular weight is 177 g/mol. The van der Waals surface area contributed by atoms with Gasteiger partial charge in [0.15, 0.2) is 0 Å². The quantitative estimate of drug-likeness (QED) is 0.597. The van der Waals surface area contributed by atoms with Crippen LogP contribution in [0.25, 0.3) is 0 Å². The van der Waals surface area contributed by atoms with Crippen molar-refractivity contribution in [2.45, 2.75) is 33.3 Å². The Morgan fingerprint density at radius 2 is 1.92 bits per heavy atom. The third kappa shape index (κ3) is 6.55. The monoisotopic (exact) mass is 177 g/mol. The third-order valence-electron chi connectivity index (χ3n) is 1.41. The molecule has 0 heterocycles. The first-order valence-electron chi connectivity index (χ1n) is 4.34. The SMILES string of the molecule is CC(C)COC(C)(C)CN(C)F. The fourth-order valence-corrected chi connectivity index (χ4v) is 0.963. The Balaban J connectivity index is 3.71. The molecule has 0 bridgehead atoms. The number of halogens is 1. The number of likely N-dealkylation sites (N-methyl/N-ethyl adjacent to an activating group) is 1. The van der Waals surface area contributed by atoms with Gasteiger partial charge in [0.25, 0.3) is 0 Å². The lowest BCUT2D eigenvalue weighted by Crippen LogP contribution is -2.36. The second-order valence-corrected chi connectivity index (χ2v) is 4.23. The Labute approximate surface area is 74.6 Å². The fourth-order valence-electron chi connectivity index (χ4n) is 0.963. The molecule has 12 heavy (non-hydrogen) atoms. The van der Waals surface area contributed by atoms with Crippen molar-refractivity contribution < 1.29 is 9.22 Å². The Morgan fingerprint density at radius 1 is 1.42 bits per heavy atom. The molecule has 0 radical (unpaired) electrons. The molecule has 0 aliphatic rings. The van der Waals surface area contributed by atoms with Crippen molar-refractivity contribution in [3.8, 4) is 0 Å². The summed E-state index contributed by atoms with van der Waals surface area (Å²) < 4.78 is 18.0. The molecule has 0 N–H and O–H groups in total. The van der Waals surface area contributed by atoms with E-state index in [2.05, 4.69) is 13.8 Å². The van der Waals surface area contributed by atoms with Gasteiger partial charge in [-0.2, -0.15) is 0 Å². The Morgan fingerprint density at radius 3 is 2.25 bits per heavy atom. The van der Waals surface area contributed by atoms with Crippen LogP contribution in [0.4, 0.5) is 4.48 Å². The van der Waals surface area contributed by atoms with Gasteiger partial charge in [0, 0.05) is 13.7 Å². The number of hydrogen-bond donors (Lipinski definition) is 0. The van der Waals surface area contributed by atoms with Gasteiger partial charge in [0.2, 0.25) is 0 Å². The average Bonchev–Trinajstić information content (AvgIpc) is 1.81. The van der Waals surface area contributed by atoms with Crippen LogP contribution in [0.5, 0.6) is 0 Å². The maximum atomic E-state index is 12.5. The van der Waals surface area contributed by atoms with E-state index in [-0.39, 0.29) is 0 Å². The minimum atomic E-state index is -0.395. The predicted molar refractivity (Wildman–Crippen MR) is 48.6 cm³/mol. The van der Waals surface area contributed by atoms with Gasteiger partial charge >= 0.3 is 0 Å². The molecule has 0 fully saturated rings. The summed E-state index contributed by atoms with van der Waals surface area (Å²) in [6, 6.07) is 0. The molecule has 0 amide bonds. The van der Waals surface area contributed by atoms with Gasteiger partial charge in [-0.25, -0.2) is 0 Å². The normalized spacial score (nSPS) is 13.0. The molecule has 0 saturated carbocycles. The fraction of sp³-hybridized carbons (Fsp3) is 1.00. The lowest BCUT2D eigenvalue weighted by atomic mass is 10.1. The van der Waals surface area contributed by atoms with E-state index in [4.69, 9.17) is 4.74 Å². The summed E-state index contributed by atoms with van der Waals surface area (Å²) >= 11 is 0. The first-order valence-corrected chi connectivity index (χ1v) is 4.34. The minimum Gasteiger partial charge on any atom is -0.374 e. The zero-order valence-corrected chi connectivity index (χ0v) is 8.72. The van der Waals surface area contributed by atoms with Crippen LogP contribution in [0.15, 0.2) is 0 Å². The van der Waals surface area contributed by atoms with Gasteiger partial charge in [-0.15, -0.1) is 9.60 Å². The number of nitrogens with zero attached hydrogens (tertiary/aromatic N) is 1. The van der Waals surface area contributed by atoms with E-state index in [0.29, 0.717) is 24.2 Å². The van der Waals surface area contributed by atoms with Crippen molar-refractivity contribution in [1.29, 1.82) is 0 Å². The van der Waals surface area contributed by atoms with E-state index < -0.39 is 5.60 Å². The van der Waals surface area contributed by atoms with Crippen molar-refractivity contribution in [2.75, 3.05) is 20.2 Å². The Bertz CT molecular complexity index is 124. The van der Waals surface area contributed by atoms with E-state index in [1.807, 2.05) is 13.8 Å². The molecule has 2 nitrogen and oxygen atoms in total. The van der Waals surface area contributed by atoms with Crippen LogP contribution in [-0.2, 0) is 4.74 Å². The molecule has 0 saturated heterocycles. The smallest absolute Gasteiger partial charge is 0.0778 e. The van der Waals surface area contributed by atoms with Gasteiger partial charge in [-0.1, -0.05) is 13.8 Å². The van der Waals surface area contributed by atoms with E-state index >= 15 is 0 Å². The molecule has 0 aliphatic heterocycles. The number of hydrogen-bond acceptors (Lipinski definition) is 2. The summed E-state index contributed by atoms with van der Waals surface area (Å²) in [4.78, 5) is 0. The summed E-state index contributed by atoms with van der Waals surface area (Å²) in [6.45, 7) is 8.93. The van der Waals surface area contributed by atoms with Gasteiger partial charge in [0.1, 0.15) is 0 Å². The van der Waals surface area contributed by atoms with Crippen LogP contribution in [0.1, 0.15) is 27.7 Å². The molecule has 0 spiro atoms. The van der Waals surface area contributed by atoms with E-state index in [9.17, 15) is 4.48 Å². The number of rotatable bonds is 5. The van der Waals surface area contributed by atoms with Gasteiger partial charge < -0.3 is 4.74 Å². The molecule has 0 aromatic rings. The summed E-state index contributed by atoms with van der Waals surface area (Å²) in [5, 5.41) is 0.653. The molecular formula is C9H20FNO. The molecular weight excluding hydrogens is 157 g/mol. The van der Waals surface area contributed by atoms with Crippen LogP contribution in [-0.4, -0.2) is 30.9 Å². The molecule has 0 rings (SSSR count). The summed E-state index contributed by atoms with van der Waals surface area (Å²) in [5.74, 6) is 0.495. The Hall–Kier alpha value is -0.150. The lowest BCUT2D eigenvalue weighted by Gasteiger charge is -2.27. The second kappa shape index (κ2) is 4.77. The molecule has 0 atom stereocenters. The van der Waals surface area contributed by atoms with E-state index in [1.54, 1.807) is 0 Å². The van der Waals surface area contributed by atoms with Crippen LogP contribution in [0, 0.1) is 5.92 Å². The maximum Gasteiger partial charge on any atom is 0.0778 e. The van der Waals surface area contributed by atoms with E-state index in [0.717, 1.165) is 0 Å². The zero-order valence-electron chi connectivity index (χ0n) is 8.72. The van der Waals surface area contributed by atoms with Gasteiger partial charge in [-0.05, 0) is 19.8 Å². The van der Waals surface area contributed by atoms with Gasteiger partial charge in [0.05, 0.1) is 12.1 Å². The van der Waals surface area contributed by atoms with Crippen molar-refractivity contribution >= 4 is 0 Å². The zero-order chi connectivity index (χ0) is 9.78. The number of ether oxygens (including phenoxy) is 1. The minimum absolute atomic E-state index is 0.305. The predicted octanol–water partition coefficient (Wildman–Crippen LogP) is 2.25. The molecule has 0 unspecified atom stereocenters. The highest BCUT2D eigenvalue weighted by atomic mass is 19.2. The first kappa shape index (κ1) is 11.8. The van der Waals surface area contributed by atoms with Crippen LogP contribution in [0.3, 0.4) is 0 Å². The topological polar surface area (TPSA) is 12.5 Å². The van der Waals surface area contributed by atoms with E-state index in [1.165, 1.54) is 7.05 Å². The standard InChI is InChI=1S/C9H20FNO/c1-8(2)6-12-9(3,4)7-11(5)10/h8H,6-7H2,1-5H3. The summed E-state index contributed by atoms with van der Waals surface area (Å²) in [7, 11) is 1.40. The third-order valence-corrected chi connectivity index (χ3v) is 1.41.